The van der Waals surface area contributed by atoms with Gasteiger partial charge >= 0.3 is 0 Å². The number of aromatic nitrogens is 2. The molecule has 4 heteroatoms. The van der Waals surface area contributed by atoms with Crippen LogP contribution < -0.4 is 0 Å². The number of hydrogen-bond donors (Lipinski definition) is 0. The van der Waals surface area contributed by atoms with Gasteiger partial charge in [0.25, 0.3) is 0 Å². The topological polar surface area (TPSA) is 29.0 Å². The van der Waals surface area contributed by atoms with Crippen molar-refractivity contribution in [2.75, 3.05) is 20.1 Å². The summed E-state index contributed by atoms with van der Waals surface area (Å²) in [5, 5.41) is 0. The first-order valence-corrected chi connectivity index (χ1v) is 5.84. The summed E-state index contributed by atoms with van der Waals surface area (Å²) >= 11 is 1.29. The molecule has 1 aliphatic heterocycles. The maximum Gasteiger partial charge on any atom is 0.105 e. The molecular formula is C11H15N3S. The Labute approximate surface area is 94.5 Å². The van der Waals surface area contributed by atoms with Crippen molar-refractivity contribution in [1.29, 1.82) is 0 Å². The molecule has 1 aromatic rings. The van der Waals surface area contributed by atoms with Crippen molar-refractivity contribution in [2.45, 2.75) is 12.8 Å². The molecule has 0 atom stereocenters. The zero-order valence-corrected chi connectivity index (χ0v) is 9.76. The Morgan fingerprint density at radius 2 is 2.47 bits per heavy atom. The molecule has 1 aliphatic rings. The summed E-state index contributed by atoms with van der Waals surface area (Å²) < 4.78 is 8.69. The molecule has 0 aromatic carbocycles. The lowest BCUT2D eigenvalue weighted by Gasteiger charge is -2.22. The molecule has 0 amide bonds. The Balaban J connectivity index is 2.24. The van der Waals surface area contributed by atoms with E-state index in [1.165, 1.54) is 17.3 Å². The zero-order valence-electron chi connectivity index (χ0n) is 8.94. The van der Waals surface area contributed by atoms with Gasteiger partial charge in [-0.2, -0.15) is 8.75 Å². The summed E-state index contributed by atoms with van der Waals surface area (Å²) in [5.41, 5.74) is 3.46. The van der Waals surface area contributed by atoms with Crippen LogP contribution in [-0.2, 0) is 6.42 Å². The van der Waals surface area contributed by atoms with Crippen molar-refractivity contribution in [1.82, 2.24) is 13.6 Å². The van der Waals surface area contributed by atoms with Gasteiger partial charge in [-0.3, -0.25) is 0 Å². The smallest absolute Gasteiger partial charge is 0.105 e. The standard InChI is InChI=1S/C11H15N3S/c1-3-5-10-11(13-15-12-10)9-6-4-7-14(2)8-9/h3,6H,1,4-5,7-8H2,2H3. The van der Waals surface area contributed by atoms with Gasteiger partial charge in [-0.15, -0.1) is 6.58 Å². The van der Waals surface area contributed by atoms with Gasteiger partial charge in [0.2, 0.25) is 0 Å². The number of nitrogens with zero attached hydrogens (tertiary/aromatic N) is 3. The van der Waals surface area contributed by atoms with E-state index in [2.05, 4.69) is 33.3 Å². The first-order chi connectivity index (χ1) is 7.31. The fourth-order valence-electron chi connectivity index (χ4n) is 1.79. The Kier molecular flexibility index (Phi) is 3.28. The van der Waals surface area contributed by atoms with Crippen LogP contribution in [0.5, 0.6) is 0 Å². The van der Waals surface area contributed by atoms with Crippen molar-refractivity contribution in [3.8, 4) is 0 Å². The molecule has 0 radical (unpaired) electrons. The monoisotopic (exact) mass is 221 g/mol. The predicted molar refractivity (Wildman–Crippen MR) is 63.9 cm³/mol. The Bertz CT molecular complexity index is 381. The second kappa shape index (κ2) is 4.68. The van der Waals surface area contributed by atoms with Crippen LogP contribution in [0.4, 0.5) is 0 Å². The third-order valence-electron chi connectivity index (χ3n) is 2.54. The highest BCUT2D eigenvalue weighted by Crippen LogP contribution is 2.22. The molecule has 2 heterocycles. The molecule has 0 saturated heterocycles. The first kappa shape index (κ1) is 10.5. The lowest BCUT2D eigenvalue weighted by molar-refractivity contribution is 0.372. The summed E-state index contributed by atoms with van der Waals surface area (Å²) in [5.74, 6) is 0. The van der Waals surface area contributed by atoms with E-state index >= 15 is 0 Å². The summed E-state index contributed by atoms with van der Waals surface area (Å²) in [6.45, 7) is 5.86. The molecule has 1 aromatic heterocycles. The van der Waals surface area contributed by atoms with Crippen LogP contribution in [0, 0.1) is 0 Å². The van der Waals surface area contributed by atoms with Gasteiger partial charge in [-0.25, -0.2) is 0 Å². The Morgan fingerprint density at radius 3 is 3.20 bits per heavy atom. The third-order valence-corrected chi connectivity index (χ3v) is 3.11. The van der Waals surface area contributed by atoms with Crippen LogP contribution in [0.25, 0.3) is 5.57 Å². The van der Waals surface area contributed by atoms with Crippen LogP contribution in [-0.4, -0.2) is 33.8 Å². The number of likely N-dealkylation sites (N-methyl/N-ethyl adjacent to an activating group) is 1. The average Bonchev–Trinajstić information content (AvgIpc) is 2.66. The van der Waals surface area contributed by atoms with E-state index in [1.807, 2.05) is 6.08 Å². The molecule has 2 rings (SSSR count). The maximum atomic E-state index is 4.38. The highest BCUT2D eigenvalue weighted by Gasteiger charge is 2.16. The van der Waals surface area contributed by atoms with Gasteiger partial charge in [-0.05, 0) is 19.0 Å². The van der Waals surface area contributed by atoms with Crippen LogP contribution in [0.2, 0.25) is 0 Å². The van der Waals surface area contributed by atoms with Crippen molar-refractivity contribution in [3.05, 3.63) is 30.1 Å². The second-order valence-corrected chi connectivity index (χ2v) is 4.34. The van der Waals surface area contributed by atoms with E-state index in [-0.39, 0.29) is 0 Å². The summed E-state index contributed by atoms with van der Waals surface area (Å²) in [6.07, 6.45) is 6.08. The van der Waals surface area contributed by atoms with Crippen LogP contribution in [0.3, 0.4) is 0 Å². The van der Waals surface area contributed by atoms with E-state index in [4.69, 9.17) is 0 Å². The van der Waals surface area contributed by atoms with Gasteiger partial charge in [-0.1, -0.05) is 12.2 Å². The average molecular weight is 221 g/mol. The maximum absolute atomic E-state index is 4.38. The lowest BCUT2D eigenvalue weighted by Crippen LogP contribution is -2.25. The van der Waals surface area contributed by atoms with Crippen LogP contribution >= 0.6 is 11.7 Å². The fourth-order valence-corrected chi connectivity index (χ4v) is 2.39. The van der Waals surface area contributed by atoms with Gasteiger partial charge in [0.15, 0.2) is 0 Å². The molecular weight excluding hydrogens is 206 g/mol. The number of hydrogen-bond acceptors (Lipinski definition) is 4. The largest absolute Gasteiger partial charge is 0.302 e. The van der Waals surface area contributed by atoms with Crippen molar-refractivity contribution in [2.24, 2.45) is 0 Å². The molecule has 0 fully saturated rings. The zero-order chi connectivity index (χ0) is 10.7. The molecule has 3 nitrogen and oxygen atoms in total. The third kappa shape index (κ3) is 2.33. The molecule has 0 spiro atoms. The predicted octanol–water partition coefficient (Wildman–Crippen LogP) is 1.99. The normalized spacial score (nSPS) is 17.5. The van der Waals surface area contributed by atoms with Gasteiger partial charge in [0.05, 0.1) is 17.4 Å². The van der Waals surface area contributed by atoms with Crippen LogP contribution in [0.1, 0.15) is 17.8 Å². The Morgan fingerprint density at radius 1 is 1.60 bits per heavy atom. The molecule has 15 heavy (non-hydrogen) atoms. The van der Waals surface area contributed by atoms with Crippen molar-refractivity contribution >= 4 is 17.3 Å². The molecule has 80 valence electrons. The van der Waals surface area contributed by atoms with Gasteiger partial charge < -0.3 is 4.90 Å². The minimum absolute atomic E-state index is 0.812. The number of rotatable bonds is 3. The van der Waals surface area contributed by atoms with E-state index in [1.54, 1.807) is 0 Å². The molecule has 0 unspecified atom stereocenters. The second-order valence-electron chi connectivity index (χ2n) is 3.81. The van der Waals surface area contributed by atoms with E-state index in [0.717, 1.165) is 37.3 Å². The lowest BCUT2D eigenvalue weighted by atomic mass is 10.0. The van der Waals surface area contributed by atoms with Crippen molar-refractivity contribution in [3.63, 3.8) is 0 Å². The first-order valence-electron chi connectivity index (χ1n) is 5.11. The number of allylic oxidation sites excluding steroid dienone is 1. The molecule has 0 saturated carbocycles. The molecule has 0 bridgehead atoms. The minimum Gasteiger partial charge on any atom is -0.302 e. The quantitative estimate of drug-likeness (QED) is 0.731. The summed E-state index contributed by atoms with van der Waals surface area (Å²) in [7, 11) is 2.14. The van der Waals surface area contributed by atoms with E-state index in [0.29, 0.717) is 0 Å². The van der Waals surface area contributed by atoms with E-state index < -0.39 is 0 Å². The SMILES string of the molecule is C=CCc1nsnc1C1=CCCN(C)C1. The minimum atomic E-state index is 0.812. The van der Waals surface area contributed by atoms with Gasteiger partial charge in [0, 0.05) is 19.5 Å². The van der Waals surface area contributed by atoms with E-state index in [9.17, 15) is 0 Å². The fraction of sp³-hybridized carbons (Fsp3) is 0.455. The van der Waals surface area contributed by atoms with Crippen LogP contribution in [0.15, 0.2) is 18.7 Å². The van der Waals surface area contributed by atoms with Crippen molar-refractivity contribution < 1.29 is 0 Å². The summed E-state index contributed by atoms with van der Waals surface area (Å²) in [6, 6.07) is 0. The van der Waals surface area contributed by atoms with Gasteiger partial charge in [0.1, 0.15) is 5.69 Å². The Hall–Kier alpha value is -1.00. The highest BCUT2D eigenvalue weighted by molar-refractivity contribution is 6.99. The highest BCUT2D eigenvalue weighted by atomic mass is 32.1. The molecule has 0 N–H and O–H groups in total. The summed E-state index contributed by atoms with van der Waals surface area (Å²) in [4.78, 5) is 2.31. The molecule has 0 aliphatic carbocycles.